The number of carbonyl (C=O) groups is 1. The number of hydrogen-bond acceptors (Lipinski definition) is 4. The molecule has 0 aromatic carbocycles. The van der Waals surface area contributed by atoms with Crippen LogP contribution in [0.2, 0.25) is 0 Å². The van der Waals surface area contributed by atoms with Gasteiger partial charge in [-0.2, -0.15) is 4.98 Å². The van der Waals surface area contributed by atoms with Crippen LogP contribution in [0.25, 0.3) is 0 Å². The summed E-state index contributed by atoms with van der Waals surface area (Å²) in [6.45, 7) is 5.33. The van der Waals surface area contributed by atoms with Crippen molar-refractivity contribution in [3.8, 4) is 0 Å². The van der Waals surface area contributed by atoms with Crippen molar-refractivity contribution >= 4 is 6.03 Å². The molecule has 1 atom stereocenters. The highest BCUT2D eigenvalue weighted by atomic mass is 16.5. The lowest BCUT2D eigenvalue weighted by atomic mass is 10.00. The highest BCUT2D eigenvalue weighted by molar-refractivity contribution is 5.74. The third-order valence-corrected chi connectivity index (χ3v) is 4.70. The van der Waals surface area contributed by atoms with E-state index in [-0.39, 0.29) is 18.0 Å². The summed E-state index contributed by atoms with van der Waals surface area (Å²) in [6, 6.07) is 4.25. The summed E-state index contributed by atoms with van der Waals surface area (Å²) < 4.78 is 7.32. The second-order valence-corrected chi connectivity index (χ2v) is 6.93. The van der Waals surface area contributed by atoms with Gasteiger partial charge >= 0.3 is 6.03 Å². The summed E-state index contributed by atoms with van der Waals surface area (Å²) >= 11 is 0. The molecule has 3 rings (SSSR count). The van der Waals surface area contributed by atoms with Crippen LogP contribution in [0.15, 0.2) is 22.9 Å². The van der Waals surface area contributed by atoms with E-state index >= 15 is 0 Å². The van der Waals surface area contributed by atoms with Gasteiger partial charge in [0.05, 0.1) is 6.04 Å². The van der Waals surface area contributed by atoms with E-state index in [0.29, 0.717) is 24.7 Å². The van der Waals surface area contributed by atoms with Crippen LogP contribution < -0.4 is 5.32 Å². The van der Waals surface area contributed by atoms with Gasteiger partial charge in [-0.3, -0.25) is 0 Å². The second kappa shape index (κ2) is 7.72. The van der Waals surface area contributed by atoms with E-state index in [1.165, 1.54) is 5.69 Å². The zero-order valence-corrected chi connectivity index (χ0v) is 15.2. The van der Waals surface area contributed by atoms with Crippen LogP contribution >= 0.6 is 0 Å². The van der Waals surface area contributed by atoms with Crippen molar-refractivity contribution in [3.05, 3.63) is 35.7 Å². The summed E-state index contributed by atoms with van der Waals surface area (Å²) in [5.41, 5.74) is 1.19. The molecule has 0 saturated carbocycles. The average molecular weight is 345 g/mol. The minimum atomic E-state index is -0.0190. The zero-order valence-electron chi connectivity index (χ0n) is 15.2. The first-order valence-electron chi connectivity index (χ1n) is 9.04. The van der Waals surface area contributed by atoms with Crippen LogP contribution in [0, 0.1) is 0 Å². The van der Waals surface area contributed by atoms with Gasteiger partial charge in [-0.05, 0) is 31.4 Å². The molecule has 7 heteroatoms. The SMILES string of the molecule is CC(C)c1noc(CCNC(=O)N2CCCCC2c2cccn2C)n1. The maximum atomic E-state index is 12.7. The molecule has 0 aliphatic carbocycles. The smallest absolute Gasteiger partial charge is 0.317 e. The molecule has 0 radical (unpaired) electrons. The molecule has 1 fully saturated rings. The number of urea groups is 1. The zero-order chi connectivity index (χ0) is 17.8. The number of rotatable bonds is 5. The van der Waals surface area contributed by atoms with E-state index in [1.54, 1.807) is 0 Å². The Labute approximate surface area is 148 Å². The predicted octanol–water partition coefficient (Wildman–Crippen LogP) is 3.01. The van der Waals surface area contributed by atoms with Crippen molar-refractivity contribution in [2.24, 2.45) is 7.05 Å². The monoisotopic (exact) mass is 345 g/mol. The molecule has 0 bridgehead atoms. The number of carbonyl (C=O) groups excluding carboxylic acids is 1. The highest BCUT2D eigenvalue weighted by Crippen LogP contribution is 2.30. The summed E-state index contributed by atoms with van der Waals surface area (Å²) in [7, 11) is 2.03. The third kappa shape index (κ3) is 4.03. The first-order chi connectivity index (χ1) is 12.1. The van der Waals surface area contributed by atoms with Crippen LogP contribution in [-0.4, -0.2) is 38.7 Å². The minimum absolute atomic E-state index is 0.0190. The molecule has 7 nitrogen and oxygen atoms in total. The number of nitrogens with one attached hydrogen (secondary N) is 1. The van der Waals surface area contributed by atoms with Gasteiger partial charge in [0.2, 0.25) is 5.89 Å². The normalized spacial score (nSPS) is 17.9. The molecule has 1 saturated heterocycles. The summed E-state index contributed by atoms with van der Waals surface area (Å²) in [5.74, 6) is 1.52. The van der Waals surface area contributed by atoms with Crippen LogP contribution in [0.1, 0.15) is 62.5 Å². The Bertz CT molecular complexity index is 706. The maximum Gasteiger partial charge on any atom is 0.317 e. The Hall–Kier alpha value is -2.31. The number of piperidine rings is 1. The molecule has 0 spiro atoms. The van der Waals surface area contributed by atoms with Gasteiger partial charge in [-0.25, -0.2) is 4.79 Å². The molecule has 2 amide bonds. The molecule has 25 heavy (non-hydrogen) atoms. The molecule has 1 N–H and O–H groups in total. The van der Waals surface area contributed by atoms with Gasteiger partial charge in [0.1, 0.15) is 0 Å². The number of amides is 2. The fourth-order valence-corrected chi connectivity index (χ4v) is 3.28. The molecule has 2 aromatic rings. The Kier molecular flexibility index (Phi) is 5.40. The van der Waals surface area contributed by atoms with Gasteiger partial charge < -0.3 is 19.3 Å². The molecular weight excluding hydrogens is 318 g/mol. The van der Waals surface area contributed by atoms with E-state index in [4.69, 9.17) is 4.52 Å². The van der Waals surface area contributed by atoms with Crippen LogP contribution in [-0.2, 0) is 13.5 Å². The van der Waals surface area contributed by atoms with Crippen LogP contribution in [0.3, 0.4) is 0 Å². The highest BCUT2D eigenvalue weighted by Gasteiger charge is 2.29. The molecular formula is C18H27N5O2. The topological polar surface area (TPSA) is 76.2 Å². The third-order valence-electron chi connectivity index (χ3n) is 4.70. The van der Waals surface area contributed by atoms with Crippen molar-refractivity contribution in [3.63, 3.8) is 0 Å². The quantitative estimate of drug-likeness (QED) is 0.904. The Morgan fingerprint density at radius 3 is 2.96 bits per heavy atom. The van der Waals surface area contributed by atoms with Crippen LogP contribution in [0.4, 0.5) is 4.79 Å². The van der Waals surface area contributed by atoms with E-state index < -0.39 is 0 Å². The average Bonchev–Trinajstić information content (AvgIpc) is 3.24. The number of likely N-dealkylation sites (tertiary alicyclic amines) is 1. The molecule has 1 aliphatic rings. The van der Waals surface area contributed by atoms with E-state index in [0.717, 1.165) is 25.8 Å². The van der Waals surface area contributed by atoms with Crippen molar-refractivity contribution in [1.29, 1.82) is 0 Å². The molecule has 3 heterocycles. The summed E-state index contributed by atoms with van der Waals surface area (Å²) in [6.07, 6.45) is 5.79. The number of aryl methyl sites for hydroxylation is 1. The van der Waals surface area contributed by atoms with E-state index in [9.17, 15) is 4.79 Å². The van der Waals surface area contributed by atoms with Gasteiger partial charge in [0.25, 0.3) is 0 Å². The summed E-state index contributed by atoms with van der Waals surface area (Å²) in [4.78, 5) is 18.9. The van der Waals surface area contributed by atoms with Crippen LogP contribution in [0.5, 0.6) is 0 Å². The lowest BCUT2D eigenvalue weighted by Crippen LogP contribution is -2.45. The first kappa shape index (κ1) is 17.5. The number of nitrogens with zero attached hydrogens (tertiary/aromatic N) is 4. The number of aromatic nitrogens is 3. The van der Waals surface area contributed by atoms with Crippen molar-refractivity contribution in [1.82, 2.24) is 24.9 Å². The van der Waals surface area contributed by atoms with Gasteiger partial charge in [0, 0.05) is 44.4 Å². The van der Waals surface area contributed by atoms with Gasteiger partial charge in [0.15, 0.2) is 5.82 Å². The molecule has 1 aliphatic heterocycles. The Morgan fingerprint density at radius 2 is 2.28 bits per heavy atom. The fraction of sp³-hybridized carbons (Fsp3) is 0.611. The largest absolute Gasteiger partial charge is 0.353 e. The Morgan fingerprint density at radius 1 is 1.44 bits per heavy atom. The van der Waals surface area contributed by atoms with Crippen molar-refractivity contribution < 1.29 is 9.32 Å². The van der Waals surface area contributed by atoms with E-state index in [1.807, 2.05) is 38.1 Å². The number of hydrogen-bond donors (Lipinski definition) is 1. The second-order valence-electron chi connectivity index (χ2n) is 6.93. The van der Waals surface area contributed by atoms with E-state index in [2.05, 4.69) is 26.1 Å². The minimum Gasteiger partial charge on any atom is -0.353 e. The van der Waals surface area contributed by atoms with Crippen molar-refractivity contribution in [2.45, 2.75) is 51.5 Å². The standard InChI is InChI=1S/C18H27N5O2/c1-13(2)17-20-16(25-21-17)9-10-19-18(24)23-12-5-4-7-15(23)14-8-6-11-22(14)3/h6,8,11,13,15H,4-5,7,9-10,12H2,1-3H3,(H,19,24). The summed E-state index contributed by atoms with van der Waals surface area (Å²) in [5, 5.41) is 6.95. The lowest BCUT2D eigenvalue weighted by molar-refractivity contribution is 0.148. The first-order valence-corrected chi connectivity index (χ1v) is 9.04. The molecule has 136 valence electrons. The van der Waals surface area contributed by atoms with Gasteiger partial charge in [-0.15, -0.1) is 0 Å². The fourth-order valence-electron chi connectivity index (χ4n) is 3.28. The molecule has 1 unspecified atom stereocenters. The predicted molar refractivity (Wildman–Crippen MR) is 94.2 cm³/mol. The maximum absolute atomic E-state index is 12.7. The van der Waals surface area contributed by atoms with Gasteiger partial charge in [-0.1, -0.05) is 19.0 Å². The Balaban J connectivity index is 1.56. The lowest BCUT2D eigenvalue weighted by Gasteiger charge is -2.36. The molecule has 2 aromatic heterocycles. The van der Waals surface area contributed by atoms with Crippen molar-refractivity contribution in [2.75, 3.05) is 13.1 Å².